The second-order valence-corrected chi connectivity index (χ2v) is 6.04. The van der Waals surface area contributed by atoms with Gasteiger partial charge in [-0.1, -0.05) is 20.3 Å². The van der Waals surface area contributed by atoms with Gasteiger partial charge >= 0.3 is 0 Å². The summed E-state index contributed by atoms with van der Waals surface area (Å²) < 4.78 is 2.12. The lowest BCUT2D eigenvalue weighted by Gasteiger charge is -2.29. The van der Waals surface area contributed by atoms with E-state index in [1.165, 1.54) is 31.4 Å². The van der Waals surface area contributed by atoms with Gasteiger partial charge in [0.05, 0.1) is 5.69 Å². The van der Waals surface area contributed by atoms with Crippen molar-refractivity contribution >= 4 is 0 Å². The maximum Gasteiger partial charge on any atom is 0.0627 e. The van der Waals surface area contributed by atoms with Gasteiger partial charge in [0.15, 0.2) is 0 Å². The zero-order valence-corrected chi connectivity index (χ0v) is 12.7. The van der Waals surface area contributed by atoms with Gasteiger partial charge in [0, 0.05) is 18.3 Å². The molecule has 1 aromatic rings. The topological polar surface area (TPSA) is 29.9 Å². The van der Waals surface area contributed by atoms with Gasteiger partial charge in [-0.05, 0) is 57.6 Å². The maximum atomic E-state index is 4.74. The molecule has 0 aromatic carbocycles. The summed E-state index contributed by atoms with van der Waals surface area (Å²) in [6.07, 6.45) is 9.87. The summed E-state index contributed by atoms with van der Waals surface area (Å²) in [6.45, 7) is 7.75. The monoisotopic (exact) mass is 263 g/mol. The summed E-state index contributed by atoms with van der Waals surface area (Å²) in [6, 6.07) is 3.47. The molecule has 3 unspecified atom stereocenters. The molecule has 3 heteroatoms. The number of hydrogen-bond acceptors (Lipinski definition) is 2. The lowest BCUT2D eigenvalue weighted by atomic mass is 9.83. The molecule has 0 spiro atoms. The first-order valence-corrected chi connectivity index (χ1v) is 8.00. The van der Waals surface area contributed by atoms with Gasteiger partial charge in [-0.25, -0.2) is 0 Å². The van der Waals surface area contributed by atoms with Crippen LogP contribution < -0.4 is 5.32 Å². The summed E-state index contributed by atoms with van der Waals surface area (Å²) >= 11 is 0. The zero-order chi connectivity index (χ0) is 13.7. The Morgan fingerprint density at radius 2 is 2.26 bits per heavy atom. The molecule has 3 atom stereocenters. The minimum atomic E-state index is 0.523. The van der Waals surface area contributed by atoms with Gasteiger partial charge in [-0.2, -0.15) is 5.10 Å². The average Bonchev–Trinajstić information content (AvgIpc) is 2.87. The van der Waals surface area contributed by atoms with Crippen LogP contribution in [0.5, 0.6) is 0 Å². The molecule has 1 aromatic heterocycles. The van der Waals surface area contributed by atoms with E-state index in [0.29, 0.717) is 6.04 Å². The fraction of sp³-hybridized carbons (Fsp3) is 0.812. The average molecular weight is 263 g/mol. The van der Waals surface area contributed by atoms with Crippen molar-refractivity contribution in [1.29, 1.82) is 0 Å². The van der Waals surface area contributed by atoms with Crippen LogP contribution in [0.25, 0.3) is 0 Å². The van der Waals surface area contributed by atoms with Crippen LogP contribution >= 0.6 is 0 Å². The SMILES string of the molecule is CCNC1CCCC(Cc2ccn(C(C)CC)n2)C1. The predicted molar refractivity (Wildman–Crippen MR) is 80.4 cm³/mol. The molecular weight excluding hydrogens is 234 g/mol. The molecule has 108 valence electrons. The van der Waals surface area contributed by atoms with Gasteiger partial charge in [0.25, 0.3) is 0 Å². The Kier molecular flexibility index (Phi) is 5.44. The minimum Gasteiger partial charge on any atom is -0.314 e. The highest BCUT2D eigenvalue weighted by molar-refractivity contribution is 5.01. The minimum absolute atomic E-state index is 0.523. The van der Waals surface area contributed by atoms with Gasteiger partial charge in [0.2, 0.25) is 0 Å². The largest absolute Gasteiger partial charge is 0.314 e. The van der Waals surface area contributed by atoms with E-state index in [4.69, 9.17) is 5.10 Å². The normalized spacial score (nSPS) is 25.4. The van der Waals surface area contributed by atoms with Crippen molar-refractivity contribution in [3.63, 3.8) is 0 Å². The van der Waals surface area contributed by atoms with Crippen molar-refractivity contribution in [3.05, 3.63) is 18.0 Å². The predicted octanol–water partition coefficient (Wildman–Crippen LogP) is 3.56. The summed E-state index contributed by atoms with van der Waals surface area (Å²) in [5, 5.41) is 8.35. The van der Waals surface area contributed by atoms with E-state index in [0.717, 1.165) is 31.3 Å². The highest BCUT2D eigenvalue weighted by Gasteiger charge is 2.22. The molecule has 0 radical (unpaired) electrons. The molecule has 1 aliphatic carbocycles. The Labute approximate surface area is 117 Å². The van der Waals surface area contributed by atoms with E-state index in [1.54, 1.807) is 0 Å². The second-order valence-electron chi connectivity index (χ2n) is 6.04. The summed E-state index contributed by atoms with van der Waals surface area (Å²) in [5.74, 6) is 0.818. The quantitative estimate of drug-likeness (QED) is 0.850. The van der Waals surface area contributed by atoms with Crippen molar-refractivity contribution in [1.82, 2.24) is 15.1 Å². The van der Waals surface area contributed by atoms with Crippen molar-refractivity contribution in [2.75, 3.05) is 6.54 Å². The smallest absolute Gasteiger partial charge is 0.0627 e. The van der Waals surface area contributed by atoms with Gasteiger partial charge in [-0.3, -0.25) is 4.68 Å². The fourth-order valence-corrected chi connectivity index (χ4v) is 3.17. The first-order chi connectivity index (χ1) is 9.22. The molecule has 0 bridgehead atoms. The van der Waals surface area contributed by atoms with E-state index < -0.39 is 0 Å². The van der Waals surface area contributed by atoms with Crippen LogP contribution in [0.4, 0.5) is 0 Å². The molecule has 0 aliphatic heterocycles. The molecule has 19 heavy (non-hydrogen) atoms. The Morgan fingerprint density at radius 1 is 1.42 bits per heavy atom. The third-order valence-corrected chi connectivity index (χ3v) is 4.48. The van der Waals surface area contributed by atoms with Crippen LogP contribution in [0.3, 0.4) is 0 Å². The fourth-order valence-electron chi connectivity index (χ4n) is 3.17. The Balaban J connectivity index is 1.88. The van der Waals surface area contributed by atoms with Crippen LogP contribution in [0, 0.1) is 5.92 Å². The highest BCUT2D eigenvalue weighted by Crippen LogP contribution is 2.27. The van der Waals surface area contributed by atoms with E-state index >= 15 is 0 Å². The Morgan fingerprint density at radius 3 is 3.00 bits per heavy atom. The zero-order valence-electron chi connectivity index (χ0n) is 12.7. The number of nitrogens with one attached hydrogen (secondary N) is 1. The van der Waals surface area contributed by atoms with E-state index in [-0.39, 0.29) is 0 Å². The molecule has 1 N–H and O–H groups in total. The van der Waals surface area contributed by atoms with Crippen LogP contribution in [0.1, 0.15) is 64.6 Å². The number of hydrogen-bond donors (Lipinski definition) is 1. The summed E-state index contributed by atoms with van der Waals surface area (Å²) in [5.41, 5.74) is 1.28. The second kappa shape index (κ2) is 7.09. The van der Waals surface area contributed by atoms with Gasteiger partial charge < -0.3 is 5.32 Å². The van der Waals surface area contributed by atoms with E-state index in [1.807, 2.05) is 0 Å². The van der Waals surface area contributed by atoms with Crippen molar-refractivity contribution in [3.8, 4) is 0 Å². The third kappa shape index (κ3) is 4.07. The Bertz CT molecular complexity index is 370. The van der Waals surface area contributed by atoms with Crippen LogP contribution in [-0.2, 0) is 6.42 Å². The first kappa shape index (κ1) is 14.6. The van der Waals surface area contributed by atoms with Crippen molar-refractivity contribution in [2.45, 2.75) is 71.4 Å². The first-order valence-electron chi connectivity index (χ1n) is 8.00. The van der Waals surface area contributed by atoms with E-state index in [9.17, 15) is 0 Å². The number of aromatic nitrogens is 2. The molecule has 2 rings (SSSR count). The lowest BCUT2D eigenvalue weighted by molar-refractivity contribution is 0.285. The van der Waals surface area contributed by atoms with Crippen molar-refractivity contribution in [2.24, 2.45) is 5.92 Å². The molecule has 0 saturated heterocycles. The number of nitrogens with zero attached hydrogens (tertiary/aromatic N) is 2. The third-order valence-electron chi connectivity index (χ3n) is 4.48. The van der Waals surface area contributed by atoms with Crippen LogP contribution in [-0.4, -0.2) is 22.4 Å². The molecule has 1 aliphatic rings. The standard InChI is InChI=1S/C16H29N3/c1-4-13(3)19-10-9-16(18-19)12-14-7-6-8-15(11-14)17-5-2/h9-10,13-15,17H,4-8,11-12H2,1-3H3. The molecule has 1 heterocycles. The lowest BCUT2D eigenvalue weighted by Crippen LogP contribution is -2.34. The van der Waals surface area contributed by atoms with Crippen LogP contribution in [0.15, 0.2) is 12.3 Å². The molecular formula is C16H29N3. The highest BCUT2D eigenvalue weighted by atomic mass is 15.3. The Hall–Kier alpha value is -0.830. The van der Waals surface area contributed by atoms with E-state index in [2.05, 4.69) is 43.0 Å². The van der Waals surface area contributed by atoms with Gasteiger partial charge in [-0.15, -0.1) is 0 Å². The molecule has 1 fully saturated rings. The van der Waals surface area contributed by atoms with Gasteiger partial charge in [0.1, 0.15) is 0 Å². The summed E-state index contributed by atoms with van der Waals surface area (Å²) in [7, 11) is 0. The van der Waals surface area contributed by atoms with Crippen LogP contribution in [0.2, 0.25) is 0 Å². The molecule has 0 amide bonds. The molecule has 1 saturated carbocycles. The number of rotatable bonds is 6. The summed E-state index contributed by atoms with van der Waals surface area (Å²) in [4.78, 5) is 0. The maximum absolute atomic E-state index is 4.74. The molecule has 3 nitrogen and oxygen atoms in total. The van der Waals surface area contributed by atoms with Crippen molar-refractivity contribution < 1.29 is 0 Å².